The molecule has 1 aromatic carbocycles. The van der Waals surface area contributed by atoms with Crippen LogP contribution in [0.25, 0.3) is 0 Å². The summed E-state index contributed by atoms with van der Waals surface area (Å²) in [4.78, 5) is 24.0. The van der Waals surface area contributed by atoms with Crippen molar-refractivity contribution in [2.75, 3.05) is 6.79 Å². The summed E-state index contributed by atoms with van der Waals surface area (Å²) in [6.07, 6.45) is 6.12. The van der Waals surface area contributed by atoms with E-state index in [0.29, 0.717) is 28.7 Å². The highest BCUT2D eigenvalue weighted by molar-refractivity contribution is 9.10. The molecule has 4 aliphatic carbocycles. The molecule has 1 aromatic rings. The molecule has 4 fully saturated rings. The average Bonchev–Trinajstić information content (AvgIpc) is 2.63. The third kappa shape index (κ3) is 3.01. The van der Waals surface area contributed by atoms with E-state index in [4.69, 9.17) is 14.2 Å². The number of halogens is 1. The summed E-state index contributed by atoms with van der Waals surface area (Å²) in [6, 6.07) is 2.89. The molecule has 4 bridgehead atoms. The maximum atomic E-state index is 13.2. The summed E-state index contributed by atoms with van der Waals surface area (Å²) in [5.74, 6) is 1.53. The van der Waals surface area contributed by atoms with Gasteiger partial charge in [0.1, 0.15) is 12.4 Å². The minimum Gasteiger partial charge on any atom is -0.467 e. The van der Waals surface area contributed by atoms with Gasteiger partial charge in [0, 0.05) is 27.6 Å². The minimum atomic E-state index is -0.451. The Morgan fingerprint density at radius 1 is 1.29 bits per heavy atom. The van der Waals surface area contributed by atoms with Crippen molar-refractivity contribution in [3.05, 3.63) is 33.4 Å². The minimum absolute atomic E-state index is 0.0186. The number of rotatable bonds is 4. The van der Waals surface area contributed by atoms with E-state index >= 15 is 0 Å². The standard InChI is InChI=1S/C20H22BrNO6/c21-20-6-12-1-13(7-20)5-19(4-12,10-20)18(23)27-9-15-3-16(22(24)25)2-14-8-26-11-28-17(14)15/h2-3,12-13H,1,4-11H2. The molecular formula is C20H22BrNO6. The fraction of sp³-hybridized carbons (Fsp3) is 0.650. The Morgan fingerprint density at radius 3 is 2.71 bits per heavy atom. The molecule has 1 aliphatic heterocycles. The van der Waals surface area contributed by atoms with Crippen LogP contribution in [-0.2, 0) is 27.5 Å². The monoisotopic (exact) mass is 451 g/mol. The molecule has 0 N–H and O–H groups in total. The van der Waals surface area contributed by atoms with Crippen LogP contribution in [-0.4, -0.2) is 22.0 Å². The molecule has 6 rings (SSSR count). The molecule has 0 saturated heterocycles. The Kier molecular flexibility index (Phi) is 4.21. The number of carbonyl (C=O) groups is 1. The lowest BCUT2D eigenvalue weighted by molar-refractivity contribution is -0.385. The van der Waals surface area contributed by atoms with E-state index in [1.165, 1.54) is 18.6 Å². The summed E-state index contributed by atoms with van der Waals surface area (Å²) in [6.45, 7) is 0.317. The number of ether oxygens (including phenoxy) is 3. The number of carbonyl (C=O) groups excluding carboxylic acids is 1. The van der Waals surface area contributed by atoms with Gasteiger partial charge in [-0.1, -0.05) is 15.9 Å². The number of hydrogen-bond donors (Lipinski definition) is 0. The quantitative estimate of drug-likeness (QED) is 0.294. The van der Waals surface area contributed by atoms with Gasteiger partial charge in [-0.05, 0) is 50.4 Å². The Bertz CT molecular complexity index is 841. The van der Waals surface area contributed by atoms with Crippen molar-refractivity contribution in [3.63, 3.8) is 0 Å². The SMILES string of the molecule is O=C(OCc1cc([N+](=O)[O-])cc2c1OCOC2)C12CC3CC(CC(Br)(C3)C1)C2. The number of hydrogen-bond acceptors (Lipinski definition) is 6. The second-order valence-corrected chi connectivity index (χ2v) is 10.6. The van der Waals surface area contributed by atoms with E-state index < -0.39 is 10.3 Å². The van der Waals surface area contributed by atoms with E-state index in [1.54, 1.807) is 0 Å². The molecular weight excluding hydrogens is 430 g/mol. The van der Waals surface area contributed by atoms with Gasteiger partial charge in [-0.3, -0.25) is 14.9 Å². The maximum Gasteiger partial charge on any atom is 0.312 e. The molecule has 5 aliphatic rings. The molecule has 2 unspecified atom stereocenters. The molecule has 0 spiro atoms. The number of non-ortho nitro benzene ring substituents is 1. The number of fused-ring (bicyclic) bond motifs is 1. The molecule has 2 atom stereocenters. The molecule has 4 saturated carbocycles. The zero-order valence-corrected chi connectivity index (χ0v) is 17.0. The van der Waals surface area contributed by atoms with Gasteiger partial charge < -0.3 is 14.2 Å². The van der Waals surface area contributed by atoms with Gasteiger partial charge in [0.25, 0.3) is 5.69 Å². The maximum absolute atomic E-state index is 13.2. The zero-order chi connectivity index (χ0) is 19.5. The molecule has 28 heavy (non-hydrogen) atoms. The number of esters is 1. The van der Waals surface area contributed by atoms with Crippen LogP contribution in [0.5, 0.6) is 5.75 Å². The van der Waals surface area contributed by atoms with Gasteiger partial charge in [-0.15, -0.1) is 0 Å². The topological polar surface area (TPSA) is 87.9 Å². The first kappa shape index (κ1) is 18.4. The molecule has 150 valence electrons. The van der Waals surface area contributed by atoms with E-state index in [2.05, 4.69) is 15.9 Å². The van der Waals surface area contributed by atoms with Crippen molar-refractivity contribution in [1.29, 1.82) is 0 Å². The van der Waals surface area contributed by atoms with Crippen LogP contribution in [0, 0.1) is 27.4 Å². The van der Waals surface area contributed by atoms with Crippen molar-refractivity contribution in [2.45, 2.75) is 56.1 Å². The van der Waals surface area contributed by atoms with Gasteiger partial charge in [0.05, 0.1) is 16.9 Å². The van der Waals surface area contributed by atoms with Gasteiger partial charge in [0.15, 0.2) is 6.79 Å². The summed E-state index contributed by atoms with van der Waals surface area (Å²) in [7, 11) is 0. The third-order valence-corrected chi connectivity index (χ3v) is 7.69. The van der Waals surface area contributed by atoms with E-state index in [-0.39, 0.29) is 36.0 Å². The van der Waals surface area contributed by atoms with Crippen LogP contribution in [0.4, 0.5) is 5.69 Å². The van der Waals surface area contributed by atoms with Crippen molar-refractivity contribution in [3.8, 4) is 5.75 Å². The summed E-state index contributed by atoms with van der Waals surface area (Å²) < 4.78 is 16.6. The van der Waals surface area contributed by atoms with Crippen LogP contribution >= 0.6 is 15.9 Å². The number of benzene rings is 1. The first-order chi connectivity index (χ1) is 13.4. The largest absolute Gasteiger partial charge is 0.467 e. The Hall–Kier alpha value is -1.67. The van der Waals surface area contributed by atoms with Crippen LogP contribution in [0.1, 0.15) is 49.7 Å². The number of nitro benzene ring substituents is 1. The van der Waals surface area contributed by atoms with Crippen LogP contribution in [0.2, 0.25) is 0 Å². The number of alkyl halides is 1. The number of nitrogens with zero attached hydrogens (tertiary/aromatic N) is 1. The molecule has 7 nitrogen and oxygen atoms in total. The fourth-order valence-electron chi connectivity index (χ4n) is 6.18. The lowest BCUT2D eigenvalue weighted by Crippen LogP contribution is -2.56. The Balaban J connectivity index is 1.37. The Morgan fingerprint density at radius 2 is 2.04 bits per heavy atom. The van der Waals surface area contributed by atoms with Crippen LogP contribution in [0.3, 0.4) is 0 Å². The van der Waals surface area contributed by atoms with Crippen molar-refractivity contribution < 1.29 is 23.9 Å². The highest BCUT2D eigenvalue weighted by Crippen LogP contribution is 2.64. The van der Waals surface area contributed by atoms with Gasteiger partial charge in [-0.25, -0.2) is 0 Å². The smallest absolute Gasteiger partial charge is 0.312 e. The van der Waals surface area contributed by atoms with E-state index in [9.17, 15) is 14.9 Å². The molecule has 1 heterocycles. The fourth-order valence-corrected chi connectivity index (χ4v) is 7.63. The van der Waals surface area contributed by atoms with Crippen LogP contribution < -0.4 is 4.74 Å². The van der Waals surface area contributed by atoms with E-state index in [1.807, 2.05) is 0 Å². The molecule has 0 radical (unpaired) electrons. The van der Waals surface area contributed by atoms with Crippen molar-refractivity contribution >= 4 is 27.6 Å². The molecule has 8 heteroatoms. The van der Waals surface area contributed by atoms with Gasteiger partial charge >= 0.3 is 5.97 Å². The summed E-state index contributed by atoms with van der Waals surface area (Å²) >= 11 is 3.92. The third-order valence-electron chi connectivity index (χ3n) is 6.76. The number of nitro groups is 1. The highest BCUT2D eigenvalue weighted by Gasteiger charge is 2.60. The molecule has 0 aromatic heterocycles. The molecule has 0 amide bonds. The predicted molar refractivity (Wildman–Crippen MR) is 102 cm³/mol. The lowest BCUT2D eigenvalue weighted by atomic mass is 9.49. The lowest BCUT2D eigenvalue weighted by Gasteiger charge is -2.58. The first-order valence-electron chi connectivity index (χ1n) is 9.73. The average molecular weight is 452 g/mol. The van der Waals surface area contributed by atoms with E-state index in [0.717, 1.165) is 32.1 Å². The highest BCUT2D eigenvalue weighted by atomic mass is 79.9. The predicted octanol–water partition coefficient (Wildman–Crippen LogP) is 4.24. The second kappa shape index (κ2) is 6.42. The Labute approximate surface area is 171 Å². The van der Waals surface area contributed by atoms with Gasteiger partial charge in [-0.2, -0.15) is 0 Å². The van der Waals surface area contributed by atoms with Crippen molar-refractivity contribution in [1.82, 2.24) is 0 Å². The summed E-state index contributed by atoms with van der Waals surface area (Å²) in [5, 5.41) is 11.3. The zero-order valence-electron chi connectivity index (χ0n) is 15.4. The first-order valence-corrected chi connectivity index (χ1v) is 10.5. The normalized spacial score (nSPS) is 35.2. The van der Waals surface area contributed by atoms with Crippen LogP contribution in [0.15, 0.2) is 12.1 Å². The van der Waals surface area contributed by atoms with Gasteiger partial charge in [0.2, 0.25) is 0 Å². The summed E-state index contributed by atoms with van der Waals surface area (Å²) in [5.41, 5.74) is 0.672. The second-order valence-electron chi connectivity index (χ2n) is 8.93. The van der Waals surface area contributed by atoms with Crippen molar-refractivity contribution in [2.24, 2.45) is 17.3 Å².